The minimum atomic E-state index is -3.30. The van der Waals surface area contributed by atoms with E-state index in [0.29, 0.717) is 5.69 Å². The van der Waals surface area contributed by atoms with Crippen LogP contribution in [0.25, 0.3) is 0 Å². The van der Waals surface area contributed by atoms with E-state index >= 15 is 0 Å². The molecular formula is C12H17F2N3O2. The van der Waals surface area contributed by atoms with Gasteiger partial charge < -0.3 is 10.4 Å². The molecule has 0 aliphatic heterocycles. The van der Waals surface area contributed by atoms with Gasteiger partial charge in [-0.1, -0.05) is 12.8 Å². The fourth-order valence-corrected chi connectivity index (χ4v) is 2.29. The Balaban J connectivity index is 2.01. The minimum Gasteiger partial charge on any atom is -0.390 e. The maximum Gasteiger partial charge on any atom is 0.287 e. The lowest BCUT2D eigenvalue weighted by Gasteiger charge is -2.16. The molecule has 0 unspecified atom stereocenters. The van der Waals surface area contributed by atoms with Gasteiger partial charge in [0.05, 0.1) is 12.6 Å². The second-order valence-corrected chi connectivity index (χ2v) is 4.80. The first-order chi connectivity index (χ1) is 9.03. The van der Waals surface area contributed by atoms with Crippen molar-refractivity contribution >= 4 is 5.91 Å². The Morgan fingerprint density at radius 3 is 2.84 bits per heavy atom. The molecule has 1 aliphatic carbocycles. The van der Waals surface area contributed by atoms with Crippen molar-refractivity contribution in [2.24, 2.45) is 0 Å². The summed E-state index contributed by atoms with van der Waals surface area (Å²) in [5, 5.41) is 14.7. The second-order valence-electron chi connectivity index (χ2n) is 4.80. The highest BCUT2D eigenvalue weighted by Gasteiger charge is 2.29. The first-order valence-corrected chi connectivity index (χ1v) is 6.34. The predicted molar refractivity (Wildman–Crippen MR) is 64.1 cm³/mol. The van der Waals surface area contributed by atoms with Gasteiger partial charge in [-0.2, -0.15) is 5.10 Å². The van der Waals surface area contributed by atoms with Crippen molar-refractivity contribution in [2.75, 3.05) is 13.2 Å². The number of nitrogens with zero attached hydrogens (tertiary/aromatic N) is 2. The maximum absolute atomic E-state index is 12.9. The van der Waals surface area contributed by atoms with E-state index in [1.807, 2.05) is 0 Å². The Morgan fingerprint density at radius 1 is 1.53 bits per heavy atom. The van der Waals surface area contributed by atoms with Crippen LogP contribution in [-0.2, 0) is 0 Å². The number of aliphatic hydroxyl groups excluding tert-OH is 1. The molecule has 0 radical (unpaired) electrons. The van der Waals surface area contributed by atoms with Crippen molar-refractivity contribution < 1.29 is 18.7 Å². The molecule has 0 saturated heterocycles. The van der Waals surface area contributed by atoms with Crippen LogP contribution in [0.15, 0.2) is 12.3 Å². The number of hydrogen-bond donors (Lipinski definition) is 2. The average Bonchev–Trinajstić information content (AvgIpc) is 3.05. The second kappa shape index (κ2) is 5.64. The zero-order chi connectivity index (χ0) is 13.9. The first-order valence-electron chi connectivity index (χ1n) is 6.34. The molecule has 2 rings (SSSR count). The van der Waals surface area contributed by atoms with Crippen LogP contribution in [-0.4, -0.2) is 39.9 Å². The van der Waals surface area contributed by atoms with Crippen molar-refractivity contribution in [1.82, 2.24) is 15.1 Å². The van der Waals surface area contributed by atoms with Gasteiger partial charge in [0.15, 0.2) is 0 Å². The van der Waals surface area contributed by atoms with E-state index in [1.165, 1.54) is 12.3 Å². The van der Waals surface area contributed by atoms with Gasteiger partial charge in [0.1, 0.15) is 12.3 Å². The Labute approximate surface area is 109 Å². The molecule has 19 heavy (non-hydrogen) atoms. The van der Waals surface area contributed by atoms with E-state index in [2.05, 4.69) is 10.4 Å². The molecule has 1 aliphatic rings. The smallest absolute Gasteiger partial charge is 0.287 e. The molecule has 1 fully saturated rings. The maximum atomic E-state index is 12.9. The zero-order valence-corrected chi connectivity index (χ0v) is 10.5. The number of halogens is 2. The molecule has 1 aromatic heterocycles. The molecule has 0 atom stereocenters. The predicted octanol–water partition coefficient (Wildman–Crippen LogP) is 1.36. The van der Waals surface area contributed by atoms with E-state index in [9.17, 15) is 13.6 Å². The van der Waals surface area contributed by atoms with Crippen LogP contribution in [0.2, 0.25) is 0 Å². The molecule has 0 bridgehead atoms. The summed E-state index contributed by atoms with van der Waals surface area (Å²) in [6.07, 6.45) is 5.59. The third kappa shape index (κ3) is 3.28. The quantitative estimate of drug-likeness (QED) is 0.851. The Kier molecular flexibility index (Phi) is 4.14. The summed E-state index contributed by atoms with van der Waals surface area (Å²) < 4.78 is 27.3. The van der Waals surface area contributed by atoms with E-state index in [-0.39, 0.29) is 6.04 Å². The highest BCUT2D eigenvalue weighted by Crippen LogP contribution is 2.29. The molecule has 0 spiro atoms. The molecule has 2 N–H and O–H groups in total. The highest BCUT2D eigenvalue weighted by molar-refractivity contribution is 5.92. The van der Waals surface area contributed by atoms with Gasteiger partial charge in [0, 0.05) is 6.20 Å². The molecule has 1 heterocycles. The normalized spacial score (nSPS) is 16.8. The van der Waals surface area contributed by atoms with Crippen LogP contribution < -0.4 is 5.32 Å². The van der Waals surface area contributed by atoms with E-state index in [1.54, 1.807) is 4.68 Å². The van der Waals surface area contributed by atoms with Crippen molar-refractivity contribution in [2.45, 2.75) is 37.6 Å². The molecule has 1 amide bonds. The van der Waals surface area contributed by atoms with Gasteiger partial charge in [0.25, 0.3) is 11.8 Å². The standard InChI is InChI=1S/C12H17F2N3O2/c13-12(14,8-18)7-15-11(19)10-5-6-16-17(10)9-3-1-2-4-9/h5-6,9,18H,1-4,7-8H2,(H,15,19). The number of alkyl halides is 2. The van der Waals surface area contributed by atoms with Crippen LogP contribution in [0, 0.1) is 0 Å². The zero-order valence-electron chi connectivity index (χ0n) is 10.5. The number of rotatable bonds is 5. The molecule has 1 saturated carbocycles. The van der Waals surface area contributed by atoms with E-state index in [0.717, 1.165) is 25.7 Å². The van der Waals surface area contributed by atoms with E-state index in [4.69, 9.17) is 5.11 Å². The van der Waals surface area contributed by atoms with Crippen LogP contribution in [0.1, 0.15) is 42.2 Å². The van der Waals surface area contributed by atoms with Gasteiger partial charge in [-0.05, 0) is 18.9 Å². The Bertz CT molecular complexity index is 442. The third-order valence-corrected chi connectivity index (χ3v) is 3.31. The van der Waals surface area contributed by atoms with Crippen molar-refractivity contribution in [3.05, 3.63) is 18.0 Å². The fourth-order valence-electron chi connectivity index (χ4n) is 2.29. The molecular weight excluding hydrogens is 256 g/mol. The number of aromatic nitrogens is 2. The lowest BCUT2D eigenvalue weighted by Crippen LogP contribution is -2.39. The fraction of sp³-hybridized carbons (Fsp3) is 0.667. The van der Waals surface area contributed by atoms with Gasteiger partial charge in [-0.15, -0.1) is 0 Å². The highest BCUT2D eigenvalue weighted by atomic mass is 19.3. The van der Waals surface area contributed by atoms with Gasteiger partial charge in [-0.25, -0.2) is 8.78 Å². The topological polar surface area (TPSA) is 67.2 Å². The molecule has 0 aromatic carbocycles. The van der Waals surface area contributed by atoms with Crippen LogP contribution in [0.3, 0.4) is 0 Å². The number of hydrogen-bond acceptors (Lipinski definition) is 3. The van der Waals surface area contributed by atoms with Crippen LogP contribution in [0.4, 0.5) is 8.78 Å². The average molecular weight is 273 g/mol. The summed E-state index contributed by atoms with van der Waals surface area (Å²) in [4.78, 5) is 11.9. The number of nitrogens with one attached hydrogen (secondary N) is 1. The lowest BCUT2D eigenvalue weighted by atomic mass is 10.2. The summed E-state index contributed by atoms with van der Waals surface area (Å²) in [5.74, 6) is -3.88. The summed E-state index contributed by atoms with van der Waals surface area (Å²) >= 11 is 0. The summed E-state index contributed by atoms with van der Waals surface area (Å²) in [5.41, 5.74) is 0.292. The van der Waals surface area contributed by atoms with Crippen LogP contribution in [0.5, 0.6) is 0 Å². The van der Waals surface area contributed by atoms with Crippen molar-refractivity contribution in [1.29, 1.82) is 0 Å². The number of amides is 1. The van der Waals surface area contributed by atoms with Gasteiger partial charge in [-0.3, -0.25) is 9.48 Å². The SMILES string of the molecule is O=C(NCC(F)(F)CO)c1ccnn1C1CCCC1. The molecule has 5 nitrogen and oxygen atoms in total. The first kappa shape index (κ1) is 13.9. The largest absolute Gasteiger partial charge is 0.390 e. The monoisotopic (exact) mass is 273 g/mol. The number of carbonyl (C=O) groups is 1. The molecule has 1 aromatic rings. The third-order valence-electron chi connectivity index (χ3n) is 3.31. The minimum absolute atomic E-state index is 0.175. The Morgan fingerprint density at radius 2 is 2.21 bits per heavy atom. The van der Waals surface area contributed by atoms with Crippen LogP contribution >= 0.6 is 0 Å². The number of aliphatic hydroxyl groups is 1. The Hall–Kier alpha value is -1.50. The summed E-state index contributed by atoms with van der Waals surface area (Å²) in [7, 11) is 0. The van der Waals surface area contributed by atoms with E-state index < -0.39 is 25.0 Å². The molecule has 106 valence electrons. The van der Waals surface area contributed by atoms with Gasteiger partial charge >= 0.3 is 0 Å². The van der Waals surface area contributed by atoms with Gasteiger partial charge in [0.2, 0.25) is 0 Å². The van der Waals surface area contributed by atoms with Crippen molar-refractivity contribution in [3.63, 3.8) is 0 Å². The molecule has 7 heteroatoms. The number of carbonyl (C=O) groups excluding carboxylic acids is 1. The lowest BCUT2D eigenvalue weighted by molar-refractivity contribution is -0.0462. The summed E-state index contributed by atoms with van der Waals surface area (Å²) in [6.45, 7) is -2.16. The summed E-state index contributed by atoms with van der Waals surface area (Å²) in [6, 6.07) is 1.69. The van der Waals surface area contributed by atoms with Crippen molar-refractivity contribution in [3.8, 4) is 0 Å².